The lowest BCUT2D eigenvalue weighted by Gasteiger charge is -2.39. The topological polar surface area (TPSA) is 79.0 Å². The smallest absolute Gasteiger partial charge is 0.256 e. The number of nitrogens with one attached hydrogen (secondary N) is 1. The molecule has 2 aliphatic heterocycles. The minimum atomic E-state index is -0.740. The molecule has 1 atom stereocenters. The zero-order chi connectivity index (χ0) is 22.2. The monoisotopic (exact) mass is 447 g/mol. The van der Waals surface area contributed by atoms with Gasteiger partial charge in [-0.25, -0.2) is 0 Å². The van der Waals surface area contributed by atoms with Crippen LogP contribution in [0.4, 0.5) is 5.69 Å². The number of methoxy groups -OCH3 is 1. The summed E-state index contributed by atoms with van der Waals surface area (Å²) in [7, 11) is 1.57. The molecule has 0 spiro atoms. The summed E-state index contributed by atoms with van der Waals surface area (Å²) in [6, 6.07) is 13.6. The van der Waals surface area contributed by atoms with Crippen molar-refractivity contribution in [2.24, 2.45) is 0 Å². The Morgan fingerprint density at radius 2 is 1.88 bits per heavy atom. The van der Waals surface area contributed by atoms with E-state index in [4.69, 9.17) is 4.74 Å². The third kappa shape index (κ3) is 3.52. The predicted octanol–water partition coefficient (Wildman–Crippen LogP) is 3.34. The number of benzene rings is 2. The van der Waals surface area contributed by atoms with Crippen LogP contribution in [-0.2, 0) is 4.79 Å². The average molecular weight is 448 g/mol. The molecule has 162 valence electrons. The van der Waals surface area contributed by atoms with Gasteiger partial charge in [-0.15, -0.1) is 0 Å². The highest BCUT2D eigenvalue weighted by Crippen LogP contribution is 2.31. The largest absolute Gasteiger partial charge is 0.497 e. The van der Waals surface area contributed by atoms with Crippen LogP contribution in [0.2, 0.25) is 0 Å². The summed E-state index contributed by atoms with van der Waals surface area (Å²) in [6.07, 6.45) is 0. The summed E-state index contributed by atoms with van der Waals surface area (Å²) >= 11 is 1.59. The SMILES string of the molecule is COc1ccc(C(=O)N2CCN3C(=O)c4cc(-c5ccsc5)ccc4NC(=O)[C@@H]3C2)cc1. The first-order valence-corrected chi connectivity index (χ1v) is 11.2. The summed E-state index contributed by atoms with van der Waals surface area (Å²) < 4.78 is 5.15. The van der Waals surface area contributed by atoms with Crippen molar-refractivity contribution >= 4 is 34.7 Å². The number of thiophene rings is 1. The number of anilines is 1. The van der Waals surface area contributed by atoms with Crippen LogP contribution in [0.3, 0.4) is 0 Å². The van der Waals surface area contributed by atoms with Gasteiger partial charge in [0.05, 0.1) is 24.9 Å². The maximum absolute atomic E-state index is 13.4. The first-order valence-electron chi connectivity index (χ1n) is 10.3. The number of nitrogens with zero attached hydrogens (tertiary/aromatic N) is 2. The molecule has 0 unspecified atom stereocenters. The standard InChI is InChI=1S/C24H21N3O4S/c1-31-18-5-2-15(3-6-18)23(29)26-9-10-27-21(13-26)22(28)25-20-7-4-16(12-19(20)24(27)30)17-8-11-32-14-17/h2-8,11-12,14,21H,9-10,13H2,1H3,(H,25,28)/t21-/m0/s1. The number of piperazine rings is 1. The van der Waals surface area contributed by atoms with E-state index in [0.717, 1.165) is 11.1 Å². The molecule has 3 heterocycles. The van der Waals surface area contributed by atoms with Gasteiger partial charge in [-0.1, -0.05) is 6.07 Å². The van der Waals surface area contributed by atoms with Gasteiger partial charge in [-0.2, -0.15) is 11.3 Å². The third-order valence-corrected chi connectivity index (χ3v) is 6.61. The normalized spacial score (nSPS) is 17.8. The molecule has 1 fully saturated rings. The Kier molecular flexibility index (Phi) is 5.14. The Morgan fingerprint density at radius 3 is 2.59 bits per heavy atom. The van der Waals surface area contributed by atoms with Crippen molar-refractivity contribution in [3.05, 3.63) is 70.4 Å². The Hall–Kier alpha value is -3.65. The molecule has 1 N–H and O–H groups in total. The summed E-state index contributed by atoms with van der Waals surface area (Å²) in [4.78, 5) is 42.6. The summed E-state index contributed by atoms with van der Waals surface area (Å²) in [5, 5.41) is 6.89. The Balaban J connectivity index is 1.40. The number of rotatable bonds is 3. The molecule has 0 radical (unpaired) electrons. The number of fused-ring (bicyclic) bond motifs is 2. The molecule has 1 saturated heterocycles. The van der Waals surface area contributed by atoms with Gasteiger partial charge in [0.15, 0.2) is 0 Å². The predicted molar refractivity (Wildman–Crippen MR) is 122 cm³/mol. The van der Waals surface area contributed by atoms with Gasteiger partial charge in [-0.3, -0.25) is 14.4 Å². The second-order valence-electron chi connectivity index (χ2n) is 7.76. The summed E-state index contributed by atoms with van der Waals surface area (Å²) in [6.45, 7) is 0.800. The molecule has 3 amide bonds. The molecule has 2 aromatic carbocycles. The molecule has 5 rings (SSSR count). The van der Waals surface area contributed by atoms with Crippen LogP contribution in [0, 0.1) is 0 Å². The molecule has 2 aliphatic rings. The maximum Gasteiger partial charge on any atom is 0.256 e. The van der Waals surface area contributed by atoms with Crippen LogP contribution < -0.4 is 10.1 Å². The molecule has 7 nitrogen and oxygen atoms in total. The van der Waals surface area contributed by atoms with Gasteiger partial charge in [0, 0.05) is 18.7 Å². The molecule has 0 bridgehead atoms. The van der Waals surface area contributed by atoms with Gasteiger partial charge in [0.2, 0.25) is 5.91 Å². The van der Waals surface area contributed by atoms with Crippen molar-refractivity contribution in [1.82, 2.24) is 9.80 Å². The average Bonchev–Trinajstić information content (AvgIpc) is 3.35. The lowest BCUT2D eigenvalue weighted by atomic mass is 10.0. The number of amides is 3. The molecule has 3 aromatic rings. The van der Waals surface area contributed by atoms with Crippen molar-refractivity contribution in [2.45, 2.75) is 6.04 Å². The second-order valence-corrected chi connectivity index (χ2v) is 8.54. The lowest BCUT2D eigenvalue weighted by molar-refractivity contribution is -0.121. The van der Waals surface area contributed by atoms with Crippen molar-refractivity contribution in [3.8, 4) is 16.9 Å². The van der Waals surface area contributed by atoms with Gasteiger partial charge >= 0.3 is 0 Å². The fourth-order valence-corrected chi connectivity index (χ4v) is 4.83. The fourth-order valence-electron chi connectivity index (χ4n) is 4.16. The fraction of sp³-hybridized carbons (Fsp3) is 0.208. The molecule has 1 aromatic heterocycles. The van der Waals surface area contributed by atoms with Crippen LogP contribution >= 0.6 is 11.3 Å². The van der Waals surface area contributed by atoms with Gasteiger partial charge in [0.25, 0.3) is 11.8 Å². The quantitative estimate of drug-likeness (QED) is 0.668. The molecule has 32 heavy (non-hydrogen) atoms. The minimum absolute atomic E-state index is 0.147. The third-order valence-electron chi connectivity index (χ3n) is 5.93. The lowest BCUT2D eigenvalue weighted by Crippen LogP contribution is -2.59. The van der Waals surface area contributed by atoms with Gasteiger partial charge < -0.3 is 19.9 Å². The molecule has 8 heteroatoms. The highest BCUT2D eigenvalue weighted by atomic mass is 32.1. The highest BCUT2D eigenvalue weighted by Gasteiger charge is 2.40. The number of hydrogen-bond donors (Lipinski definition) is 1. The molecular formula is C24H21N3O4S. The van der Waals surface area contributed by atoms with Crippen LogP contribution in [-0.4, -0.2) is 60.3 Å². The molecule has 0 aliphatic carbocycles. The van der Waals surface area contributed by atoms with Crippen LogP contribution in [0.1, 0.15) is 20.7 Å². The summed E-state index contributed by atoms with van der Waals surface area (Å²) in [5.74, 6) is 0.0124. The molecule has 0 saturated carbocycles. The zero-order valence-electron chi connectivity index (χ0n) is 17.4. The first kappa shape index (κ1) is 20.3. The van der Waals surface area contributed by atoms with Crippen molar-refractivity contribution < 1.29 is 19.1 Å². The van der Waals surface area contributed by atoms with E-state index in [1.165, 1.54) is 0 Å². The highest BCUT2D eigenvalue weighted by molar-refractivity contribution is 7.08. The Labute approximate surface area is 189 Å². The number of carbonyl (C=O) groups is 3. The molecular weight excluding hydrogens is 426 g/mol. The second kappa shape index (κ2) is 8.12. The Morgan fingerprint density at radius 1 is 1.06 bits per heavy atom. The van der Waals surface area contributed by atoms with E-state index in [-0.39, 0.29) is 24.3 Å². The maximum atomic E-state index is 13.4. The number of hydrogen-bond acceptors (Lipinski definition) is 5. The number of ether oxygens (including phenoxy) is 1. The van der Waals surface area contributed by atoms with E-state index >= 15 is 0 Å². The van der Waals surface area contributed by atoms with E-state index in [9.17, 15) is 14.4 Å². The van der Waals surface area contributed by atoms with Crippen LogP contribution in [0.15, 0.2) is 59.3 Å². The van der Waals surface area contributed by atoms with E-state index in [1.807, 2.05) is 29.0 Å². The van der Waals surface area contributed by atoms with Crippen LogP contribution in [0.25, 0.3) is 11.1 Å². The van der Waals surface area contributed by atoms with E-state index < -0.39 is 6.04 Å². The van der Waals surface area contributed by atoms with Crippen molar-refractivity contribution in [3.63, 3.8) is 0 Å². The van der Waals surface area contributed by atoms with E-state index in [0.29, 0.717) is 35.7 Å². The zero-order valence-corrected chi connectivity index (χ0v) is 18.2. The first-order chi connectivity index (χ1) is 15.5. The minimum Gasteiger partial charge on any atom is -0.497 e. The number of carbonyl (C=O) groups excluding carboxylic acids is 3. The van der Waals surface area contributed by atoms with Gasteiger partial charge in [-0.05, 0) is 64.4 Å². The van der Waals surface area contributed by atoms with E-state index in [1.54, 1.807) is 58.6 Å². The van der Waals surface area contributed by atoms with Crippen molar-refractivity contribution in [1.29, 1.82) is 0 Å². The van der Waals surface area contributed by atoms with Crippen molar-refractivity contribution in [2.75, 3.05) is 32.1 Å². The Bertz CT molecular complexity index is 1190. The van der Waals surface area contributed by atoms with Crippen LogP contribution in [0.5, 0.6) is 5.75 Å². The summed E-state index contributed by atoms with van der Waals surface area (Å²) in [5.41, 5.74) is 3.45. The van der Waals surface area contributed by atoms with Gasteiger partial charge in [0.1, 0.15) is 11.8 Å². The van der Waals surface area contributed by atoms with E-state index in [2.05, 4.69) is 5.32 Å².